The highest BCUT2D eigenvalue weighted by atomic mass is 16.5. The van der Waals surface area contributed by atoms with Crippen molar-refractivity contribution >= 4 is 28.3 Å². The number of nitrogens with one attached hydrogen (secondary N) is 1. The molecule has 0 aliphatic heterocycles. The maximum atomic E-state index is 13.1. The van der Waals surface area contributed by atoms with Gasteiger partial charge in [0.15, 0.2) is 6.61 Å². The van der Waals surface area contributed by atoms with E-state index in [1.165, 1.54) is 0 Å². The van der Waals surface area contributed by atoms with E-state index >= 15 is 0 Å². The van der Waals surface area contributed by atoms with Crippen LogP contribution in [0.4, 0.5) is 5.69 Å². The number of benzene rings is 3. The second-order valence-electron chi connectivity index (χ2n) is 7.13. The summed E-state index contributed by atoms with van der Waals surface area (Å²) < 4.78 is 5.85. The van der Waals surface area contributed by atoms with Crippen molar-refractivity contribution in [1.29, 1.82) is 0 Å². The monoisotopic (exact) mass is 414 g/mol. The van der Waals surface area contributed by atoms with Crippen LogP contribution in [-0.2, 0) is 4.79 Å². The SMILES string of the molecule is C=CCN(CC=C)C(=O)COc1cc2ccccc2cc1C(=O)Nc1ccccc1C. The lowest BCUT2D eigenvalue weighted by molar-refractivity contribution is -0.132. The van der Waals surface area contributed by atoms with Crippen LogP contribution in [0.25, 0.3) is 10.8 Å². The Kier molecular flexibility index (Phi) is 7.22. The van der Waals surface area contributed by atoms with E-state index in [1.54, 1.807) is 29.2 Å². The van der Waals surface area contributed by atoms with E-state index < -0.39 is 0 Å². The molecule has 0 radical (unpaired) electrons. The van der Waals surface area contributed by atoms with Gasteiger partial charge in [-0.1, -0.05) is 54.6 Å². The molecular formula is C26H26N2O3. The number of hydrogen-bond donors (Lipinski definition) is 1. The molecule has 5 nitrogen and oxygen atoms in total. The van der Waals surface area contributed by atoms with Crippen molar-refractivity contribution in [2.45, 2.75) is 6.92 Å². The van der Waals surface area contributed by atoms with Crippen LogP contribution in [0.3, 0.4) is 0 Å². The maximum Gasteiger partial charge on any atom is 0.261 e. The van der Waals surface area contributed by atoms with Crippen LogP contribution in [0.5, 0.6) is 5.75 Å². The van der Waals surface area contributed by atoms with E-state index in [-0.39, 0.29) is 18.4 Å². The summed E-state index contributed by atoms with van der Waals surface area (Å²) in [7, 11) is 0. The fourth-order valence-electron chi connectivity index (χ4n) is 3.24. The van der Waals surface area contributed by atoms with Gasteiger partial charge in [0.2, 0.25) is 0 Å². The van der Waals surface area contributed by atoms with Gasteiger partial charge in [-0.25, -0.2) is 0 Å². The van der Waals surface area contributed by atoms with Gasteiger partial charge in [0.25, 0.3) is 11.8 Å². The zero-order chi connectivity index (χ0) is 22.2. The Morgan fingerprint density at radius 1 is 0.968 bits per heavy atom. The first-order valence-corrected chi connectivity index (χ1v) is 10.1. The molecular weight excluding hydrogens is 388 g/mol. The third kappa shape index (κ3) is 5.39. The fraction of sp³-hybridized carbons (Fsp3) is 0.154. The smallest absolute Gasteiger partial charge is 0.261 e. The number of carbonyl (C=O) groups excluding carboxylic acids is 2. The molecule has 3 rings (SSSR count). The van der Waals surface area contributed by atoms with E-state index in [0.717, 1.165) is 22.0 Å². The number of para-hydroxylation sites is 1. The van der Waals surface area contributed by atoms with E-state index in [0.29, 0.717) is 24.4 Å². The molecule has 3 aromatic rings. The van der Waals surface area contributed by atoms with Crippen molar-refractivity contribution in [1.82, 2.24) is 4.90 Å². The topological polar surface area (TPSA) is 58.6 Å². The Morgan fingerprint density at radius 2 is 1.58 bits per heavy atom. The van der Waals surface area contributed by atoms with Gasteiger partial charge in [-0.3, -0.25) is 9.59 Å². The van der Waals surface area contributed by atoms with Crippen LogP contribution in [0.1, 0.15) is 15.9 Å². The first-order chi connectivity index (χ1) is 15.0. The number of fused-ring (bicyclic) bond motifs is 1. The van der Waals surface area contributed by atoms with Crippen molar-refractivity contribution in [3.8, 4) is 5.75 Å². The minimum absolute atomic E-state index is 0.190. The molecule has 158 valence electrons. The molecule has 2 amide bonds. The highest BCUT2D eigenvalue weighted by molar-refractivity contribution is 6.09. The molecule has 0 aliphatic carbocycles. The van der Waals surface area contributed by atoms with Crippen LogP contribution in [0.15, 0.2) is 86.0 Å². The average molecular weight is 415 g/mol. The highest BCUT2D eigenvalue weighted by Crippen LogP contribution is 2.27. The number of nitrogens with zero attached hydrogens (tertiary/aromatic N) is 1. The zero-order valence-corrected chi connectivity index (χ0v) is 17.6. The summed E-state index contributed by atoms with van der Waals surface area (Å²) in [6, 6.07) is 18.8. The molecule has 0 unspecified atom stereocenters. The Morgan fingerprint density at radius 3 is 2.23 bits per heavy atom. The van der Waals surface area contributed by atoms with Gasteiger partial charge in [-0.15, -0.1) is 13.2 Å². The molecule has 0 saturated heterocycles. The number of carbonyl (C=O) groups is 2. The number of anilines is 1. The molecule has 0 heterocycles. The van der Waals surface area contributed by atoms with Gasteiger partial charge in [0.05, 0.1) is 5.56 Å². The van der Waals surface area contributed by atoms with Crippen molar-refractivity contribution in [3.63, 3.8) is 0 Å². The molecule has 1 N–H and O–H groups in total. The Labute approximate surface area is 182 Å². The summed E-state index contributed by atoms with van der Waals surface area (Å²) >= 11 is 0. The highest BCUT2D eigenvalue weighted by Gasteiger charge is 2.18. The predicted octanol–water partition coefficient (Wildman–Crippen LogP) is 4.98. The summed E-state index contributed by atoms with van der Waals surface area (Å²) in [5.41, 5.74) is 2.05. The van der Waals surface area contributed by atoms with E-state index in [2.05, 4.69) is 18.5 Å². The predicted molar refractivity (Wildman–Crippen MR) is 126 cm³/mol. The molecule has 0 aromatic heterocycles. The van der Waals surface area contributed by atoms with E-state index in [1.807, 2.05) is 55.5 Å². The van der Waals surface area contributed by atoms with Gasteiger partial charge in [-0.2, -0.15) is 0 Å². The molecule has 0 aliphatic rings. The molecule has 3 aromatic carbocycles. The lowest BCUT2D eigenvalue weighted by Gasteiger charge is -2.20. The number of aryl methyl sites for hydroxylation is 1. The molecule has 0 bridgehead atoms. The molecule has 0 spiro atoms. The average Bonchev–Trinajstić information content (AvgIpc) is 2.78. The van der Waals surface area contributed by atoms with Crippen LogP contribution in [0, 0.1) is 6.92 Å². The minimum atomic E-state index is -0.295. The van der Waals surface area contributed by atoms with Gasteiger partial charge < -0.3 is 15.0 Å². The largest absolute Gasteiger partial charge is 0.483 e. The molecule has 31 heavy (non-hydrogen) atoms. The number of rotatable bonds is 9. The summed E-state index contributed by atoms with van der Waals surface area (Å²) in [6.45, 7) is 9.89. The number of ether oxygens (including phenoxy) is 1. The number of hydrogen-bond acceptors (Lipinski definition) is 3. The maximum absolute atomic E-state index is 13.1. The molecule has 5 heteroatoms. The summed E-state index contributed by atoms with van der Waals surface area (Å²) in [4.78, 5) is 27.3. The summed E-state index contributed by atoms with van der Waals surface area (Å²) in [5.74, 6) is -0.148. The number of amides is 2. The lowest BCUT2D eigenvalue weighted by atomic mass is 10.0. The Hall–Kier alpha value is -3.86. The van der Waals surface area contributed by atoms with Gasteiger partial charge in [0, 0.05) is 18.8 Å². The normalized spacial score (nSPS) is 10.4. The second kappa shape index (κ2) is 10.3. The quantitative estimate of drug-likeness (QED) is 0.503. The zero-order valence-electron chi connectivity index (χ0n) is 17.6. The van der Waals surface area contributed by atoms with Crippen LogP contribution < -0.4 is 10.1 Å². The molecule has 0 fully saturated rings. The second-order valence-corrected chi connectivity index (χ2v) is 7.13. The summed E-state index contributed by atoms with van der Waals surface area (Å²) in [5, 5.41) is 4.78. The molecule has 0 atom stereocenters. The van der Waals surface area contributed by atoms with E-state index in [9.17, 15) is 9.59 Å². The molecule has 0 saturated carbocycles. The van der Waals surface area contributed by atoms with E-state index in [4.69, 9.17) is 4.74 Å². The third-order valence-corrected chi connectivity index (χ3v) is 4.89. The van der Waals surface area contributed by atoms with Crippen molar-refractivity contribution < 1.29 is 14.3 Å². The van der Waals surface area contributed by atoms with Crippen LogP contribution in [-0.4, -0.2) is 36.4 Å². The first kappa shape index (κ1) is 21.8. The minimum Gasteiger partial charge on any atom is -0.483 e. The third-order valence-electron chi connectivity index (χ3n) is 4.89. The van der Waals surface area contributed by atoms with Gasteiger partial charge >= 0.3 is 0 Å². The van der Waals surface area contributed by atoms with Crippen molar-refractivity contribution in [2.24, 2.45) is 0 Å². The Balaban J connectivity index is 1.89. The fourth-order valence-corrected chi connectivity index (χ4v) is 3.24. The van der Waals surface area contributed by atoms with Crippen molar-refractivity contribution in [2.75, 3.05) is 25.0 Å². The van der Waals surface area contributed by atoms with Crippen LogP contribution in [0.2, 0.25) is 0 Å². The van der Waals surface area contributed by atoms with Crippen LogP contribution >= 0.6 is 0 Å². The van der Waals surface area contributed by atoms with Gasteiger partial charge in [-0.05, 0) is 41.5 Å². The lowest BCUT2D eigenvalue weighted by Crippen LogP contribution is -2.35. The van der Waals surface area contributed by atoms with Gasteiger partial charge in [0.1, 0.15) is 5.75 Å². The Bertz CT molecular complexity index is 1110. The summed E-state index contributed by atoms with van der Waals surface area (Å²) in [6.07, 6.45) is 3.30. The van der Waals surface area contributed by atoms with Crippen molar-refractivity contribution in [3.05, 3.63) is 97.1 Å². The standard InChI is InChI=1S/C26H26N2O3/c1-4-14-28(15-5-2)25(29)18-31-24-17-21-12-8-7-11-20(21)16-22(24)26(30)27-23-13-9-6-10-19(23)3/h4-13,16-17H,1-2,14-15,18H2,3H3,(H,27,30). The first-order valence-electron chi connectivity index (χ1n) is 10.1.